The molecule has 4 aromatic carbocycles. The van der Waals surface area contributed by atoms with Crippen molar-refractivity contribution in [3.63, 3.8) is 0 Å². The molecule has 0 aromatic heterocycles. The third-order valence-corrected chi connectivity index (χ3v) is 9.79. The lowest BCUT2D eigenvalue weighted by molar-refractivity contribution is -0.140. The molecule has 0 bridgehead atoms. The standard InChI is InChI=1S/C36H40ClN3O4S/c1-4-5-23-38-36(42)34(24-29-15-7-6-8-16-29)39(25-30-17-11-9-13-27(30)2)35(41)26-40(33-18-12-10-14-28(33)3)45(43,44)32-21-19-31(37)20-22-32/h6-22,34H,4-5,23-26H2,1-3H3,(H,38,42)/t34-/m0/s1. The number of hydrogen-bond donors (Lipinski definition) is 1. The predicted molar refractivity (Wildman–Crippen MR) is 181 cm³/mol. The second kappa shape index (κ2) is 15.7. The van der Waals surface area contributed by atoms with Gasteiger partial charge in [-0.2, -0.15) is 0 Å². The van der Waals surface area contributed by atoms with Crippen molar-refractivity contribution in [2.75, 3.05) is 17.4 Å². The molecule has 0 aliphatic heterocycles. The third-order valence-electron chi connectivity index (χ3n) is 7.77. The fraction of sp³-hybridized carbons (Fsp3) is 0.278. The third kappa shape index (κ3) is 8.74. The maximum Gasteiger partial charge on any atom is 0.264 e. The van der Waals surface area contributed by atoms with E-state index in [0.717, 1.165) is 33.8 Å². The van der Waals surface area contributed by atoms with E-state index < -0.39 is 28.5 Å². The first-order valence-corrected chi connectivity index (χ1v) is 16.9. The molecule has 0 radical (unpaired) electrons. The van der Waals surface area contributed by atoms with Crippen LogP contribution in [0.3, 0.4) is 0 Å². The molecule has 0 heterocycles. The minimum absolute atomic E-state index is 0.00607. The number of rotatable bonds is 14. The average molecular weight is 646 g/mol. The summed E-state index contributed by atoms with van der Waals surface area (Å²) in [5.74, 6) is -0.775. The van der Waals surface area contributed by atoms with Gasteiger partial charge in [-0.1, -0.05) is 97.7 Å². The summed E-state index contributed by atoms with van der Waals surface area (Å²) in [6.07, 6.45) is 1.98. The van der Waals surface area contributed by atoms with Crippen LogP contribution in [0, 0.1) is 13.8 Å². The highest BCUT2D eigenvalue weighted by Gasteiger charge is 2.35. The number of benzene rings is 4. The maximum atomic E-state index is 14.6. The Morgan fingerprint density at radius 2 is 1.44 bits per heavy atom. The molecule has 0 aliphatic carbocycles. The van der Waals surface area contributed by atoms with Crippen LogP contribution in [0.4, 0.5) is 5.69 Å². The molecule has 4 rings (SSSR count). The first-order valence-electron chi connectivity index (χ1n) is 15.1. The van der Waals surface area contributed by atoms with Crippen LogP contribution in [0.1, 0.15) is 42.0 Å². The van der Waals surface area contributed by atoms with E-state index in [0.29, 0.717) is 22.8 Å². The number of aryl methyl sites for hydroxylation is 2. The predicted octanol–water partition coefficient (Wildman–Crippen LogP) is 6.71. The van der Waals surface area contributed by atoms with E-state index in [4.69, 9.17) is 11.6 Å². The zero-order chi connectivity index (χ0) is 32.4. The Balaban J connectivity index is 1.80. The fourth-order valence-electron chi connectivity index (χ4n) is 5.12. The lowest BCUT2D eigenvalue weighted by Gasteiger charge is -2.34. The van der Waals surface area contributed by atoms with Gasteiger partial charge in [0.05, 0.1) is 10.6 Å². The molecule has 7 nitrogen and oxygen atoms in total. The number of carbonyl (C=O) groups excluding carboxylic acids is 2. The molecule has 45 heavy (non-hydrogen) atoms. The molecule has 2 amide bonds. The Labute approximate surface area is 271 Å². The van der Waals surface area contributed by atoms with Crippen molar-refractivity contribution >= 4 is 39.1 Å². The lowest BCUT2D eigenvalue weighted by Crippen LogP contribution is -2.53. The fourth-order valence-corrected chi connectivity index (χ4v) is 6.73. The summed E-state index contributed by atoms with van der Waals surface area (Å²) in [6, 6.07) is 29.3. The zero-order valence-corrected chi connectivity index (χ0v) is 27.5. The summed E-state index contributed by atoms with van der Waals surface area (Å²) in [4.78, 5) is 30.0. The monoisotopic (exact) mass is 645 g/mol. The van der Waals surface area contributed by atoms with Crippen LogP contribution in [0.25, 0.3) is 0 Å². The molecule has 4 aromatic rings. The first kappa shape index (κ1) is 33.7. The van der Waals surface area contributed by atoms with Gasteiger partial charge in [0.25, 0.3) is 10.0 Å². The highest BCUT2D eigenvalue weighted by molar-refractivity contribution is 7.92. The number of nitrogens with one attached hydrogen (secondary N) is 1. The molecule has 236 valence electrons. The summed E-state index contributed by atoms with van der Waals surface area (Å²) >= 11 is 6.07. The van der Waals surface area contributed by atoms with Gasteiger partial charge in [0, 0.05) is 24.5 Å². The Bertz CT molecular complexity index is 1700. The van der Waals surface area contributed by atoms with E-state index >= 15 is 0 Å². The van der Waals surface area contributed by atoms with Crippen LogP contribution < -0.4 is 9.62 Å². The minimum atomic E-state index is -4.20. The zero-order valence-electron chi connectivity index (χ0n) is 25.9. The SMILES string of the molecule is CCCCNC(=O)[C@H](Cc1ccccc1)N(Cc1ccccc1C)C(=O)CN(c1ccccc1C)S(=O)(=O)c1ccc(Cl)cc1. The highest BCUT2D eigenvalue weighted by Crippen LogP contribution is 2.28. The summed E-state index contributed by atoms with van der Waals surface area (Å²) in [5.41, 5.74) is 3.79. The van der Waals surface area contributed by atoms with Crippen LogP contribution in [0.5, 0.6) is 0 Å². The van der Waals surface area contributed by atoms with E-state index in [-0.39, 0.29) is 23.8 Å². The van der Waals surface area contributed by atoms with Gasteiger partial charge in [-0.15, -0.1) is 0 Å². The van der Waals surface area contributed by atoms with Gasteiger partial charge < -0.3 is 10.2 Å². The van der Waals surface area contributed by atoms with Gasteiger partial charge in [-0.05, 0) is 72.9 Å². The van der Waals surface area contributed by atoms with Crippen molar-refractivity contribution in [3.8, 4) is 0 Å². The van der Waals surface area contributed by atoms with Crippen LogP contribution in [-0.2, 0) is 32.6 Å². The van der Waals surface area contributed by atoms with Crippen molar-refractivity contribution in [2.24, 2.45) is 0 Å². The quantitative estimate of drug-likeness (QED) is 0.155. The summed E-state index contributed by atoms with van der Waals surface area (Å²) in [7, 11) is -4.20. The highest BCUT2D eigenvalue weighted by atomic mass is 35.5. The van der Waals surface area contributed by atoms with E-state index in [9.17, 15) is 18.0 Å². The Kier molecular flexibility index (Phi) is 11.8. The van der Waals surface area contributed by atoms with Crippen LogP contribution in [-0.4, -0.2) is 44.3 Å². The summed E-state index contributed by atoms with van der Waals surface area (Å²) in [5, 5.41) is 3.42. The normalized spacial score (nSPS) is 11.9. The van der Waals surface area contributed by atoms with Crippen molar-refractivity contribution in [3.05, 3.63) is 130 Å². The number of halogens is 1. The Morgan fingerprint density at radius 1 is 0.822 bits per heavy atom. The van der Waals surface area contributed by atoms with Crippen LogP contribution in [0.2, 0.25) is 5.02 Å². The van der Waals surface area contributed by atoms with E-state index in [1.54, 1.807) is 25.1 Å². The van der Waals surface area contributed by atoms with Crippen LogP contribution >= 0.6 is 11.6 Å². The average Bonchev–Trinajstić information content (AvgIpc) is 3.03. The number of amides is 2. The second-order valence-electron chi connectivity index (χ2n) is 11.1. The molecule has 1 atom stereocenters. The van der Waals surface area contributed by atoms with E-state index in [1.165, 1.54) is 29.2 Å². The van der Waals surface area contributed by atoms with Crippen molar-refractivity contribution in [1.82, 2.24) is 10.2 Å². The number of anilines is 1. The van der Waals surface area contributed by atoms with Gasteiger partial charge in [0.2, 0.25) is 11.8 Å². The van der Waals surface area contributed by atoms with Crippen molar-refractivity contribution < 1.29 is 18.0 Å². The Morgan fingerprint density at radius 3 is 2.09 bits per heavy atom. The lowest BCUT2D eigenvalue weighted by atomic mass is 10.0. The van der Waals surface area contributed by atoms with Crippen molar-refractivity contribution in [2.45, 2.75) is 57.5 Å². The Hall–Kier alpha value is -4.14. The molecule has 0 saturated carbocycles. The first-order chi connectivity index (χ1) is 21.6. The molecule has 0 fully saturated rings. The van der Waals surface area contributed by atoms with Gasteiger partial charge >= 0.3 is 0 Å². The number of nitrogens with zero attached hydrogens (tertiary/aromatic N) is 2. The molecule has 1 N–H and O–H groups in total. The van der Waals surface area contributed by atoms with Crippen LogP contribution in [0.15, 0.2) is 108 Å². The number of unbranched alkanes of at least 4 members (excludes halogenated alkanes) is 1. The molecule has 0 aliphatic rings. The molecule has 0 spiro atoms. The summed E-state index contributed by atoms with van der Waals surface area (Å²) < 4.78 is 29.5. The van der Waals surface area contributed by atoms with Gasteiger partial charge in [0.1, 0.15) is 12.6 Å². The molecular formula is C36H40ClN3O4S. The smallest absolute Gasteiger partial charge is 0.264 e. The summed E-state index contributed by atoms with van der Waals surface area (Å²) in [6.45, 7) is 5.91. The molecular weight excluding hydrogens is 606 g/mol. The maximum absolute atomic E-state index is 14.6. The second-order valence-corrected chi connectivity index (χ2v) is 13.3. The largest absolute Gasteiger partial charge is 0.354 e. The number of para-hydroxylation sites is 1. The topological polar surface area (TPSA) is 86.8 Å². The minimum Gasteiger partial charge on any atom is -0.354 e. The van der Waals surface area contributed by atoms with Gasteiger partial charge in [-0.25, -0.2) is 8.42 Å². The van der Waals surface area contributed by atoms with Crippen molar-refractivity contribution in [1.29, 1.82) is 0 Å². The van der Waals surface area contributed by atoms with E-state index in [1.807, 2.05) is 74.5 Å². The van der Waals surface area contributed by atoms with E-state index in [2.05, 4.69) is 5.32 Å². The number of carbonyl (C=O) groups is 2. The van der Waals surface area contributed by atoms with Gasteiger partial charge in [0.15, 0.2) is 0 Å². The molecule has 9 heteroatoms. The number of sulfonamides is 1. The van der Waals surface area contributed by atoms with Gasteiger partial charge in [-0.3, -0.25) is 13.9 Å². The molecule has 0 unspecified atom stereocenters. The number of hydrogen-bond acceptors (Lipinski definition) is 4. The molecule has 0 saturated heterocycles.